The molecule has 3 aromatic heterocycles. The normalized spacial score (nSPS) is 18.1. The molecule has 0 N–H and O–H groups in total. The molecule has 13 heteroatoms. The number of hydrogen-bond acceptors (Lipinski definition) is 7. The number of hydrogen-bond donors (Lipinski definition) is 0. The largest absolute Gasteiger partial charge is 0.433 e. The van der Waals surface area contributed by atoms with Crippen molar-refractivity contribution in [3.05, 3.63) is 47.5 Å². The van der Waals surface area contributed by atoms with E-state index in [-0.39, 0.29) is 16.1 Å². The fourth-order valence-electron chi connectivity index (χ4n) is 4.24. The Bertz CT molecular complexity index is 1170. The Hall–Kier alpha value is -2.96. The van der Waals surface area contributed by atoms with Gasteiger partial charge in [0.25, 0.3) is 0 Å². The van der Waals surface area contributed by atoms with Gasteiger partial charge in [0.05, 0.1) is 18.6 Å². The summed E-state index contributed by atoms with van der Waals surface area (Å²) >= 11 is 0.511. The third kappa shape index (κ3) is 4.21. The number of alkyl halides is 6. The third-order valence-electron chi connectivity index (χ3n) is 5.84. The smallest absolute Gasteiger partial charge is 0.370 e. The molecular formula is C20H16F6N6S. The number of halogens is 6. The van der Waals surface area contributed by atoms with Gasteiger partial charge in [-0.05, 0) is 18.6 Å². The van der Waals surface area contributed by atoms with E-state index in [1.54, 1.807) is 12.3 Å². The molecule has 0 atom stereocenters. The van der Waals surface area contributed by atoms with E-state index in [9.17, 15) is 26.3 Å². The molecule has 0 saturated carbocycles. The van der Waals surface area contributed by atoms with E-state index in [1.807, 2.05) is 9.80 Å². The van der Waals surface area contributed by atoms with Gasteiger partial charge in [-0.3, -0.25) is 9.97 Å². The van der Waals surface area contributed by atoms with Crippen LogP contribution in [0.1, 0.15) is 17.0 Å². The van der Waals surface area contributed by atoms with Crippen LogP contribution in [-0.2, 0) is 12.4 Å². The minimum atomic E-state index is -4.50. The lowest BCUT2D eigenvalue weighted by atomic mass is 9.79. The second-order valence-corrected chi connectivity index (χ2v) is 9.25. The molecule has 3 aromatic rings. The number of rotatable bonds is 3. The van der Waals surface area contributed by atoms with Crippen LogP contribution in [0.15, 0.2) is 36.9 Å². The number of anilines is 2. The summed E-state index contributed by atoms with van der Waals surface area (Å²) in [5.74, 6) is 0.537. The van der Waals surface area contributed by atoms with Crippen LogP contribution in [0.2, 0.25) is 0 Å². The van der Waals surface area contributed by atoms with Crippen LogP contribution >= 0.6 is 11.3 Å². The van der Waals surface area contributed by atoms with E-state index in [0.29, 0.717) is 49.0 Å². The lowest BCUT2D eigenvalue weighted by molar-refractivity contribution is -0.141. The van der Waals surface area contributed by atoms with E-state index in [2.05, 4.69) is 19.9 Å². The predicted octanol–water partition coefficient (Wildman–Crippen LogP) is 4.75. The van der Waals surface area contributed by atoms with Gasteiger partial charge in [0.2, 0.25) is 0 Å². The minimum Gasteiger partial charge on any atom is -0.370 e. The fourth-order valence-corrected chi connectivity index (χ4v) is 4.98. The summed E-state index contributed by atoms with van der Waals surface area (Å²) in [4.78, 5) is 18.9. The van der Waals surface area contributed by atoms with Gasteiger partial charge in [-0.25, -0.2) is 9.97 Å². The summed E-state index contributed by atoms with van der Waals surface area (Å²) in [7, 11) is 0. The molecule has 33 heavy (non-hydrogen) atoms. The average molecular weight is 486 g/mol. The molecule has 5 rings (SSSR count). The summed E-state index contributed by atoms with van der Waals surface area (Å²) < 4.78 is 77.4. The number of thiazole rings is 1. The molecule has 174 valence electrons. The van der Waals surface area contributed by atoms with Crippen molar-refractivity contribution < 1.29 is 26.3 Å². The summed E-state index contributed by atoms with van der Waals surface area (Å²) in [6.45, 7) is 2.49. The molecule has 2 saturated heterocycles. The Labute approximate surface area is 187 Å². The monoisotopic (exact) mass is 486 g/mol. The Balaban J connectivity index is 1.27. The molecule has 0 amide bonds. The highest BCUT2D eigenvalue weighted by atomic mass is 32.1. The molecule has 0 aliphatic carbocycles. The standard InChI is InChI=1S/C20H16F6N6S/c21-19(22,23)14-5-12(1-3-28-14)32-10-18(11-32)2-4-31(9-18)16-8-27-6-13(30-16)17-29-7-15(33-17)20(24,25)26/h1,3,5-8H,2,4,9-11H2. The van der Waals surface area contributed by atoms with Crippen LogP contribution in [0.25, 0.3) is 10.7 Å². The summed E-state index contributed by atoms with van der Waals surface area (Å²) in [5.41, 5.74) is -0.269. The minimum absolute atomic E-state index is 0.0933. The van der Waals surface area contributed by atoms with E-state index in [0.717, 1.165) is 24.9 Å². The quantitative estimate of drug-likeness (QED) is 0.498. The fraction of sp³-hybridized carbons (Fsp3) is 0.400. The second kappa shape index (κ2) is 7.54. The first-order valence-corrected chi connectivity index (χ1v) is 10.7. The van der Waals surface area contributed by atoms with Crippen LogP contribution in [0.4, 0.5) is 37.8 Å². The topological polar surface area (TPSA) is 58.0 Å². The number of nitrogens with zero attached hydrogens (tertiary/aromatic N) is 6. The zero-order chi connectivity index (χ0) is 23.4. The van der Waals surface area contributed by atoms with Crippen molar-refractivity contribution >= 4 is 22.8 Å². The molecule has 0 radical (unpaired) electrons. The SMILES string of the molecule is FC(F)(F)c1cc(N2CC3(CCN(c4cncc(-c5ncc(C(F)(F)F)s5)n4)C3)C2)ccn1. The number of aromatic nitrogens is 4. The van der Waals surface area contributed by atoms with Gasteiger partial charge in [0.15, 0.2) is 0 Å². The van der Waals surface area contributed by atoms with Crippen LogP contribution in [0.5, 0.6) is 0 Å². The summed E-state index contributed by atoms with van der Waals surface area (Å²) in [6.07, 6.45) is -3.27. The van der Waals surface area contributed by atoms with E-state index in [4.69, 9.17) is 0 Å². The predicted molar refractivity (Wildman–Crippen MR) is 109 cm³/mol. The Kier molecular flexibility index (Phi) is 4.99. The molecule has 6 nitrogen and oxygen atoms in total. The van der Waals surface area contributed by atoms with Gasteiger partial charge < -0.3 is 9.80 Å². The first kappa shape index (κ1) is 21.9. The van der Waals surface area contributed by atoms with E-state index < -0.39 is 22.9 Å². The van der Waals surface area contributed by atoms with E-state index in [1.165, 1.54) is 6.20 Å². The molecule has 0 bridgehead atoms. The lowest BCUT2D eigenvalue weighted by Crippen LogP contribution is -2.57. The molecule has 0 unspecified atom stereocenters. The highest BCUT2D eigenvalue weighted by Crippen LogP contribution is 2.44. The maximum absolute atomic E-state index is 12.9. The van der Waals surface area contributed by atoms with Crippen molar-refractivity contribution in [1.82, 2.24) is 19.9 Å². The highest BCUT2D eigenvalue weighted by Gasteiger charge is 2.48. The Morgan fingerprint density at radius 1 is 0.909 bits per heavy atom. The zero-order valence-electron chi connectivity index (χ0n) is 16.9. The molecule has 1 spiro atoms. The zero-order valence-corrected chi connectivity index (χ0v) is 17.7. The van der Waals surface area contributed by atoms with Gasteiger partial charge >= 0.3 is 12.4 Å². The lowest BCUT2D eigenvalue weighted by Gasteiger charge is -2.49. The average Bonchev–Trinajstić information content (AvgIpc) is 3.40. The van der Waals surface area contributed by atoms with Gasteiger partial charge in [-0.2, -0.15) is 26.3 Å². The van der Waals surface area contributed by atoms with Crippen molar-refractivity contribution in [2.24, 2.45) is 5.41 Å². The molecule has 2 fully saturated rings. The van der Waals surface area contributed by atoms with Crippen LogP contribution in [0.3, 0.4) is 0 Å². The van der Waals surface area contributed by atoms with Crippen LogP contribution < -0.4 is 9.80 Å². The second-order valence-electron chi connectivity index (χ2n) is 8.21. The van der Waals surface area contributed by atoms with Crippen molar-refractivity contribution in [3.8, 4) is 10.7 Å². The van der Waals surface area contributed by atoms with E-state index >= 15 is 0 Å². The summed E-state index contributed by atoms with van der Waals surface area (Å²) in [5, 5.41) is 0.138. The van der Waals surface area contributed by atoms with Gasteiger partial charge in [0, 0.05) is 43.5 Å². The molecule has 0 aromatic carbocycles. The van der Waals surface area contributed by atoms with Crippen molar-refractivity contribution in [3.63, 3.8) is 0 Å². The van der Waals surface area contributed by atoms with Crippen molar-refractivity contribution in [2.45, 2.75) is 18.8 Å². The van der Waals surface area contributed by atoms with Gasteiger partial charge in [-0.1, -0.05) is 0 Å². The highest BCUT2D eigenvalue weighted by molar-refractivity contribution is 7.15. The van der Waals surface area contributed by atoms with Crippen molar-refractivity contribution in [2.75, 3.05) is 36.0 Å². The van der Waals surface area contributed by atoms with Crippen LogP contribution in [0, 0.1) is 5.41 Å². The molecule has 5 heterocycles. The molecule has 2 aliphatic rings. The Morgan fingerprint density at radius 3 is 2.36 bits per heavy atom. The van der Waals surface area contributed by atoms with Gasteiger partial charge in [-0.15, -0.1) is 11.3 Å². The first-order valence-electron chi connectivity index (χ1n) is 9.91. The maximum atomic E-state index is 12.9. The third-order valence-corrected chi connectivity index (χ3v) is 6.90. The summed E-state index contributed by atoms with van der Waals surface area (Å²) in [6, 6.07) is 2.62. The number of pyridine rings is 1. The maximum Gasteiger partial charge on any atom is 0.433 e. The first-order chi connectivity index (χ1) is 15.5. The van der Waals surface area contributed by atoms with Crippen LogP contribution in [-0.4, -0.2) is 46.1 Å². The molecule has 2 aliphatic heterocycles. The van der Waals surface area contributed by atoms with Gasteiger partial charge in [0.1, 0.15) is 27.1 Å². The molecular weight excluding hydrogens is 470 g/mol. The Morgan fingerprint density at radius 2 is 1.67 bits per heavy atom. The van der Waals surface area contributed by atoms with Crippen molar-refractivity contribution in [1.29, 1.82) is 0 Å².